The summed E-state index contributed by atoms with van der Waals surface area (Å²) in [6.07, 6.45) is -1.15. The lowest BCUT2D eigenvalue weighted by Gasteiger charge is -2.40. The van der Waals surface area contributed by atoms with Crippen molar-refractivity contribution in [3.8, 4) is 0 Å². The van der Waals surface area contributed by atoms with Crippen LogP contribution in [-0.4, -0.2) is 78.8 Å². The summed E-state index contributed by atoms with van der Waals surface area (Å²) in [7, 11) is 0. The molecule has 0 heterocycles. The Hall–Kier alpha value is -0.350. The highest BCUT2D eigenvalue weighted by molar-refractivity contribution is 7.80. The summed E-state index contributed by atoms with van der Waals surface area (Å²) in [6, 6.07) is -0.367. The van der Waals surface area contributed by atoms with Gasteiger partial charge in [0, 0.05) is 18.9 Å². The second kappa shape index (κ2) is 12.3. The zero-order valence-electron chi connectivity index (χ0n) is 16.4. The highest BCUT2D eigenvalue weighted by atomic mass is 32.1. The number of hydrogen-bond acceptors (Lipinski definition) is 7. The maximum atomic E-state index is 10.5. The Bertz CT molecular complexity index is 438. The summed E-state index contributed by atoms with van der Waals surface area (Å²) in [5.74, 6) is -0.777. The second-order valence-electron chi connectivity index (χ2n) is 7.78. The van der Waals surface area contributed by atoms with E-state index in [2.05, 4.69) is 5.32 Å². The van der Waals surface area contributed by atoms with Gasteiger partial charge in [-0.3, -0.25) is 0 Å². The largest absolute Gasteiger partial charge is 0.396 e. The first kappa shape index (κ1) is 24.7. The Balaban J connectivity index is 2.74. The third-order valence-corrected chi connectivity index (χ3v) is 5.95. The van der Waals surface area contributed by atoms with Crippen LogP contribution in [0.25, 0.3) is 0 Å². The van der Waals surface area contributed by atoms with Gasteiger partial charge in [-0.15, -0.1) is 0 Å². The molecule has 0 aromatic heterocycles. The predicted molar refractivity (Wildman–Crippen MR) is 107 cm³/mol. The molecule has 160 valence electrons. The Labute approximate surface area is 167 Å². The van der Waals surface area contributed by atoms with Gasteiger partial charge in [0.25, 0.3) is 0 Å². The van der Waals surface area contributed by atoms with Gasteiger partial charge in [0.15, 0.2) is 0 Å². The molecule has 27 heavy (non-hydrogen) atoms. The number of thiocarbonyl (C=S) groups is 1. The molecule has 0 spiro atoms. The molecule has 8 heteroatoms. The van der Waals surface area contributed by atoms with Gasteiger partial charge in [0.05, 0.1) is 35.4 Å². The number of rotatable bonds is 11. The van der Waals surface area contributed by atoms with Gasteiger partial charge in [0.2, 0.25) is 0 Å². The minimum absolute atomic E-state index is 0.233. The molecule has 0 radical (unpaired) electrons. The predicted octanol–water partition coefficient (Wildman–Crippen LogP) is 0.0853. The summed E-state index contributed by atoms with van der Waals surface area (Å²) in [4.78, 5) is 0.653. The Morgan fingerprint density at radius 3 is 2.26 bits per heavy atom. The molecule has 0 amide bonds. The average Bonchev–Trinajstić information content (AvgIpc) is 2.64. The van der Waals surface area contributed by atoms with Crippen molar-refractivity contribution >= 4 is 17.2 Å². The SMILES string of the molecule is CCCC(=S)NC(CCC1CC(CO)C(O)C(O)C1O)C(O)CC(O)CC. The van der Waals surface area contributed by atoms with Crippen molar-refractivity contribution in [2.75, 3.05) is 6.61 Å². The monoisotopic (exact) mass is 407 g/mol. The molecule has 1 saturated carbocycles. The molecule has 0 aliphatic heterocycles. The van der Waals surface area contributed by atoms with Crippen LogP contribution in [0.3, 0.4) is 0 Å². The third-order valence-electron chi connectivity index (χ3n) is 5.63. The molecule has 1 rings (SSSR count). The lowest BCUT2D eigenvalue weighted by atomic mass is 9.73. The number of nitrogens with one attached hydrogen (secondary N) is 1. The van der Waals surface area contributed by atoms with E-state index >= 15 is 0 Å². The molecule has 0 saturated heterocycles. The molecule has 1 aliphatic carbocycles. The fourth-order valence-electron chi connectivity index (χ4n) is 3.77. The van der Waals surface area contributed by atoms with E-state index < -0.39 is 36.4 Å². The molecule has 0 aromatic carbocycles. The van der Waals surface area contributed by atoms with Crippen LogP contribution in [0.5, 0.6) is 0 Å². The van der Waals surface area contributed by atoms with Gasteiger partial charge >= 0.3 is 0 Å². The van der Waals surface area contributed by atoms with E-state index in [0.29, 0.717) is 37.1 Å². The Kier molecular flexibility index (Phi) is 11.2. The molecule has 1 aliphatic rings. The second-order valence-corrected chi connectivity index (χ2v) is 8.27. The summed E-state index contributed by atoms with van der Waals surface area (Å²) < 4.78 is 0. The van der Waals surface area contributed by atoms with E-state index in [0.717, 1.165) is 6.42 Å². The normalized spacial score (nSPS) is 31.9. The van der Waals surface area contributed by atoms with Crippen molar-refractivity contribution in [3.63, 3.8) is 0 Å². The van der Waals surface area contributed by atoms with Crippen molar-refractivity contribution in [1.82, 2.24) is 5.32 Å². The molecular weight excluding hydrogens is 370 g/mol. The maximum Gasteiger partial charge on any atom is 0.106 e. The van der Waals surface area contributed by atoms with Crippen molar-refractivity contribution in [2.24, 2.45) is 11.8 Å². The molecule has 0 bridgehead atoms. The van der Waals surface area contributed by atoms with Crippen LogP contribution in [0.1, 0.15) is 58.8 Å². The van der Waals surface area contributed by atoms with E-state index in [1.54, 1.807) is 0 Å². The van der Waals surface area contributed by atoms with E-state index in [1.807, 2.05) is 13.8 Å². The van der Waals surface area contributed by atoms with E-state index in [1.165, 1.54) is 0 Å². The van der Waals surface area contributed by atoms with Crippen LogP contribution in [0.15, 0.2) is 0 Å². The summed E-state index contributed by atoms with van der Waals surface area (Å²) in [6.45, 7) is 3.61. The smallest absolute Gasteiger partial charge is 0.106 e. The molecular formula is C19H37NO6S. The molecule has 1 fully saturated rings. The van der Waals surface area contributed by atoms with Gasteiger partial charge in [-0.25, -0.2) is 0 Å². The first-order valence-electron chi connectivity index (χ1n) is 10.1. The molecule has 8 unspecified atom stereocenters. The Morgan fingerprint density at radius 2 is 1.70 bits per heavy atom. The van der Waals surface area contributed by atoms with Crippen molar-refractivity contribution < 1.29 is 30.6 Å². The van der Waals surface area contributed by atoms with Crippen LogP contribution >= 0.6 is 12.2 Å². The maximum absolute atomic E-state index is 10.5. The van der Waals surface area contributed by atoms with E-state index in [9.17, 15) is 30.6 Å². The zero-order chi connectivity index (χ0) is 20.6. The fraction of sp³-hybridized carbons (Fsp3) is 0.947. The van der Waals surface area contributed by atoms with Crippen LogP contribution in [0, 0.1) is 11.8 Å². The van der Waals surface area contributed by atoms with Crippen molar-refractivity contribution in [2.45, 2.75) is 95.4 Å². The van der Waals surface area contributed by atoms with Gasteiger partial charge in [-0.2, -0.15) is 0 Å². The van der Waals surface area contributed by atoms with Gasteiger partial charge in [0.1, 0.15) is 6.10 Å². The molecule has 0 aromatic rings. The fourth-order valence-corrected chi connectivity index (χ4v) is 4.12. The van der Waals surface area contributed by atoms with Crippen molar-refractivity contribution in [1.29, 1.82) is 0 Å². The summed E-state index contributed by atoms with van der Waals surface area (Å²) >= 11 is 5.32. The van der Waals surface area contributed by atoms with Gasteiger partial charge < -0.3 is 36.0 Å². The van der Waals surface area contributed by atoms with E-state index in [-0.39, 0.29) is 25.0 Å². The van der Waals surface area contributed by atoms with Crippen LogP contribution in [0.2, 0.25) is 0 Å². The number of hydrogen-bond donors (Lipinski definition) is 7. The lowest BCUT2D eigenvalue weighted by Crippen LogP contribution is -2.52. The summed E-state index contributed by atoms with van der Waals surface area (Å²) in [5.41, 5.74) is 0. The van der Waals surface area contributed by atoms with Gasteiger partial charge in [-0.1, -0.05) is 26.1 Å². The van der Waals surface area contributed by atoms with Crippen LogP contribution < -0.4 is 5.32 Å². The van der Waals surface area contributed by atoms with Crippen LogP contribution in [0.4, 0.5) is 0 Å². The van der Waals surface area contributed by atoms with Crippen molar-refractivity contribution in [3.05, 3.63) is 0 Å². The number of aliphatic hydroxyl groups is 6. The highest BCUT2D eigenvalue weighted by Gasteiger charge is 2.42. The molecule has 7 nitrogen and oxygen atoms in total. The first-order chi connectivity index (χ1) is 12.7. The molecule has 8 atom stereocenters. The minimum atomic E-state index is -1.29. The standard InChI is InChI=1S/C19H37NO6S/c1-3-5-16(27)20-14(15(23)9-13(22)4-2)7-6-11-8-12(10-21)18(25)19(26)17(11)24/h11-15,17-19,21-26H,3-10H2,1-2H3,(H,20,27). The lowest BCUT2D eigenvalue weighted by molar-refractivity contribution is -0.143. The topological polar surface area (TPSA) is 133 Å². The van der Waals surface area contributed by atoms with E-state index in [4.69, 9.17) is 12.2 Å². The minimum Gasteiger partial charge on any atom is -0.396 e. The highest BCUT2D eigenvalue weighted by Crippen LogP contribution is 2.33. The number of aliphatic hydroxyl groups excluding tert-OH is 6. The summed E-state index contributed by atoms with van der Waals surface area (Å²) in [5, 5.41) is 63.2. The third kappa shape index (κ3) is 7.53. The average molecular weight is 408 g/mol. The Morgan fingerprint density at radius 1 is 1.07 bits per heavy atom. The van der Waals surface area contributed by atoms with Gasteiger partial charge in [-0.05, 0) is 44.4 Å². The first-order valence-corrected chi connectivity index (χ1v) is 10.5. The zero-order valence-corrected chi connectivity index (χ0v) is 17.2. The quantitative estimate of drug-likeness (QED) is 0.240. The van der Waals surface area contributed by atoms with Crippen LogP contribution in [-0.2, 0) is 0 Å². The molecule has 7 N–H and O–H groups in total.